The first-order valence-electron chi connectivity index (χ1n) is 9.03. The molecule has 0 radical (unpaired) electrons. The van der Waals surface area contributed by atoms with E-state index in [1.54, 1.807) is 24.3 Å². The Balaban J connectivity index is 1.40. The van der Waals surface area contributed by atoms with Gasteiger partial charge in [-0.25, -0.2) is 9.59 Å². The third-order valence-electron chi connectivity index (χ3n) is 4.61. The molecule has 4 amide bonds. The first-order chi connectivity index (χ1) is 12.2. The van der Waals surface area contributed by atoms with Crippen molar-refractivity contribution in [2.45, 2.75) is 50.7 Å². The molecule has 3 rings (SSSR count). The largest absolute Gasteiger partial charge is 0.376 e. The molecule has 1 aromatic carbocycles. The number of benzene rings is 1. The summed E-state index contributed by atoms with van der Waals surface area (Å²) in [4.78, 5) is 23.8. The maximum Gasteiger partial charge on any atom is 0.319 e. The van der Waals surface area contributed by atoms with Gasteiger partial charge < -0.3 is 26.0 Å². The minimum Gasteiger partial charge on any atom is -0.376 e. The van der Waals surface area contributed by atoms with Crippen molar-refractivity contribution in [3.63, 3.8) is 0 Å². The van der Waals surface area contributed by atoms with Crippen LogP contribution in [-0.2, 0) is 4.74 Å². The lowest BCUT2D eigenvalue weighted by atomic mass is 10.2. The smallest absolute Gasteiger partial charge is 0.319 e. The molecule has 136 valence electrons. The second-order valence-corrected chi connectivity index (χ2v) is 6.63. The zero-order valence-corrected chi connectivity index (χ0v) is 14.3. The van der Waals surface area contributed by atoms with E-state index in [4.69, 9.17) is 4.74 Å². The number of nitrogens with one attached hydrogen (secondary N) is 4. The quantitative estimate of drug-likeness (QED) is 0.660. The van der Waals surface area contributed by atoms with Crippen LogP contribution in [0.5, 0.6) is 0 Å². The van der Waals surface area contributed by atoms with Crippen molar-refractivity contribution in [2.75, 3.05) is 23.8 Å². The molecule has 1 atom stereocenters. The first-order valence-corrected chi connectivity index (χ1v) is 9.03. The van der Waals surface area contributed by atoms with Crippen LogP contribution in [0.3, 0.4) is 0 Å². The number of rotatable bonds is 5. The van der Waals surface area contributed by atoms with Crippen molar-refractivity contribution in [2.24, 2.45) is 0 Å². The molecular weight excluding hydrogens is 320 g/mol. The predicted octanol–water partition coefficient (Wildman–Crippen LogP) is 3.05. The van der Waals surface area contributed by atoms with Crippen LogP contribution < -0.4 is 21.3 Å². The van der Waals surface area contributed by atoms with Gasteiger partial charge in [-0.15, -0.1) is 0 Å². The molecule has 1 aromatic rings. The highest BCUT2D eigenvalue weighted by molar-refractivity contribution is 5.91. The summed E-state index contributed by atoms with van der Waals surface area (Å²) in [6, 6.07) is 6.91. The Morgan fingerprint density at radius 1 is 0.920 bits per heavy atom. The SMILES string of the molecule is O=C(NC[C@@H]1CCCO1)Nc1ccc(NC(=O)NC2CCCC2)cc1. The number of carbonyl (C=O) groups excluding carboxylic acids is 2. The van der Waals surface area contributed by atoms with E-state index in [0.717, 1.165) is 32.3 Å². The summed E-state index contributed by atoms with van der Waals surface area (Å²) in [6.45, 7) is 1.30. The van der Waals surface area contributed by atoms with Crippen molar-refractivity contribution in [1.82, 2.24) is 10.6 Å². The predicted molar refractivity (Wildman–Crippen MR) is 96.8 cm³/mol. The average molecular weight is 346 g/mol. The van der Waals surface area contributed by atoms with Gasteiger partial charge in [0.15, 0.2) is 0 Å². The van der Waals surface area contributed by atoms with Gasteiger partial charge in [-0.2, -0.15) is 0 Å². The van der Waals surface area contributed by atoms with E-state index in [0.29, 0.717) is 17.9 Å². The molecule has 1 saturated heterocycles. The highest BCUT2D eigenvalue weighted by Crippen LogP contribution is 2.18. The topological polar surface area (TPSA) is 91.5 Å². The number of amides is 4. The summed E-state index contributed by atoms with van der Waals surface area (Å²) in [5, 5.41) is 11.4. The lowest BCUT2D eigenvalue weighted by molar-refractivity contribution is 0.112. The first kappa shape index (κ1) is 17.5. The normalized spacial score (nSPS) is 20.2. The van der Waals surface area contributed by atoms with Crippen molar-refractivity contribution < 1.29 is 14.3 Å². The number of urea groups is 2. The van der Waals surface area contributed by atoms with E-state index in [-0.39, 0.29) is 24.2 Å². The number of hydrogen-bond acceptors (Lipinski definition) is 3. The van der Waals surface area contributed by atoms with Gasteiger partial charge in [0.05, 0.1) is 6.10 Å². The Morgan fingerprint density at radius 3 is 2.16 bits per heavy atom. The van der Waals surface area contributed by atoms with Gasteiger partial charge >= 0.3 is 12.1 Å². The summed E-state index contributed by atoms with van der Waals surface area (Å²) >= 11 is 0. The number of anilines is 2. The molecule has 0 aromatic heterocycles. The number of ether oxygens (including phenoxy) is 1. The van der Waals surface area contributed by atoms with Gasteiger partial charge in [0.25, 0.3) is 0 Å². The second-order valence-electron chi connectivity index (χ2n) is 6.63. The van der Waals surface area contributed by atoms with E-state index >= 15 is 0 Å². The summed E-state index contributed by atoms with van der Waals surface area (Å²) in [5.74, 6) is 0. The van der Waals surface area contributed by atoms with Crippen LogP contribution in [-0.4, -0.2) is 37.4 Å². The number of carbonyl (C=O) groups is 2. The van der Waals surface area contributed by atoms with Crippen molar-refractivity contribution in [3.8, 4) is 0 Å². The Bertz CT molecular complexity index is 578. The second kappa shape index (κ2) is 8.71. The van der Waals surface area contributed by atoms with Gasteiger partial charge in [0, 0.05) is 30.6 Å². The van der Waals surface area contributed by atoms with Crippen LogP contribution in [0.25, 0.3) is 0 Å². The minimum absolute atomic E-state index is 0.121. The molecule has 1 aliphatic carbocycles. The van der Waals surface area contributed by atoms with E-state index in [1.807, 2.05) is 0 Å². The van der Waals surface area contributed by atoms with Crippen LogP contribution in [0, 0.1) is 0 Å². The van der Waals surface area contributed by atoms with Crippen molar-refractivity contribution >= 4 is 23.4 Å². The van der Waals surface area contributed by atoms with Crippen LogP contribution >= 0.6 is 0 Å². The molecule has 2 fully saturated rings. The Labute approximate surface area is 147 Å². The van der Waals surface area contributed by atoms with Gasteiger partial charge in [0.2, 0.25) is 0 Å². The maximum absolute atomic E-state index is 11.9. The van der Waals surface area contributed by atoms with Crippen molar-refractivity contribution in [3.05, 3.63) is 24.3 Å². The Morgan fingerprint density at radius 2 is 1.56 bits per heavy atom. The van der Waals surface area contributed by atoms with Crippen LogP contribution in [0.1, 0.15) is 38.5 Å². The molecule has 0 bridgehead atoms. The third-order valence-corrected chi connectivity index (χ3v) is 4.61. The minimum atomic E-state index is -0.254. The van der Waals surface area contributed by atoms with Crippen LogP contribution in [0.4, 0.5) is 21.0 Å². The summed E-state index contributed by atoms with van der Waals surface area (Å²) in [6.07, 6.45) is 6.63. The van der Waals surface area contributed by atoms with E-state index in [9.17, 15) is 9.59 Å². The molecule has 1 saturated carbocycles. The van der Waals surface area contributed by atoms with E-state index in [1.165, 1.54) is 12.8 Å². The summed E-state index contributed by atoms with van der Waals surface area (Å²) in [7, 11) is 0. The standard InChI is InChI=1S/C18H26N4O3/c23-17(19-12-16-6-3-11-25-16)20-14-7-9-15(10-8-14)22-18(24)21-13-4-1-2-5-13/h7-10,13,16H,1-6,11-12H2,(H2,19,20,23)(H2,21,22,24)/t16-/m0/s1. The fourth-order valence-corrected chi connectivity index (χ4v) is 3.25. The average Bonchev–Trinajstić information content (AvgIpc) is 3.28. The van der Waals surface area contributed by atoms with Crippen LogP contribution in [0.15, 0.2) is 24.3 Å². The van der Waals surface area contributed by atoms with Gasteiger partial charge in [-0.1, -0.05) is 12.8 Å². The van der Waals surface area contributed by atoms with Crippen molar-refractivity contribution in [1.29, 1.82) is 0 Å². The molecule has 7 nitrogen and oxygen atoms in total. The molecule has 2 aliphatic rings. The fourth-order valence-electron chi connectivity index (χ4n) is 3.25. The van der Waals surface area contributed by atoms with E-state index < -0.39 is 0 Å². The molecule has 0 unspecified atom stereocenters. The molecule has 1 aliphatic heterocycles. The fraction of sp³-hybridized carbons (Fsp3) is 0.556. The molecule has 7 heteroatoms. The molecule has 0 spiro atoms. The lowest BCUT2D eigenvalue weighted by Crippen LogP contribution is -2.36. The number of hydrogen-bond donors (Lipinski definition) is 4. The Kier molecular flexibility index (Phi) is 6.11. The zero-order chi connectivity index (χ0) is 17.5. The van der Waals surface area contributed by atoms with Gasteiger partial charge in [-0.3, -0.25) is 0 Å². The lowest BCUT2D eigenvalue weighted by Gasteiger charge is -2.14. The zero-order valence-electron chi connectivity index (χ0n) is 14.3. The highest BCUT2D eigenvalue weighted by atomic mass is 16.5. The Hall–Kier alpha value is -2.28. The highest BCUT2D eigenvalue weighted by Gasteiger charge is 2.17. The van der Waals surface area contributed by atoms with Gasteiger partial charge in [-0.05, 0) is 49.9 Å². The molecule has 4 N–H and O–H groups in total. The maximum atomic E-state index is 11.9. The molecular formula is C18H26N4O3. The monoisotopic (exact) mass is 346 g/mol. The van der Waals surface area contributed by atoms with Crippen LogP contribution in [0.2, 0.25) is 0 Å². The van der Waals surface area contributed by atoms with Gasteiger partial charge in [0.1, 0.15) is 0 Å². The van der Waals surface area contributed by atoms with E-state index in [2.05, 4.69) is 21.3 Å². The third kappa shape index (κ3) is 5.63. The molecule has 25 heavy (non-hydrogen) atoms. The summed E-state index contributed by atoms with van der Waals surface area (Å²) in [5.41, 5.74) is 1.37. The molecule has 1 heterocycles. The summed E-state index contributed by atoms with van der Waals surface area (Å²) < 4.78 is 5.47.